The van der Waals surface area contributed by atoms with Gasteiger partial charge in [-0.05, 0) is 11.4 Å². The second-order valence-electron chi connectivity index (χ2n) is 3.31. The van der Waals surface area contributed by atoms with Crippen LogP contribution in [0.25, 0.3) is 10.7 Å². The van der Waals surface area contributed by atoms with Crippen LogP contribution in [0.15, 0.2) is 16.2 Å². The summed E-state index contributed by atoms with van der Waals surface area (Å²) in [4.78, 5) is 29.6. The van der Waals surface area contributed by atoms with Crippen molar-refractivity contribution in [3.05, 3.63) is 27.5 Å². The Kier molecular flexibility index (Phi) is 4.52. The van der Waals surface area contributed by atoms with E-state index in [0.29, 0.717) is 10.6 Å². The van der Waals surface area contributed by atoms with E-state index in [4.69, 9.17) is 5.73 Å². The lowest BCUT2D eigenvalue weighted by molar-refractivity contribution is 0.0590. The van der Waals surface area contributed by atoms with Crippen LogP contribution in [-0.2, 0) is 4.74 Å². The first kappa shape index (κ1) is 15.0. The van der Waals surface area contributed by atoms with Crippen molar-refractivity contribution in [2.75, 3.05) is 12.8 Å². The zero-order chi connectivity index (χ0) is 13.3. The molecule has 0 bridgehead atoms. The molecule has 0 fully saturated rings. The Bertz CT molecular complexity index is 667. The van der Waals surface area contributed by atoms with Crippen LogP contribution in [0.4, 0.5) is 5.69 Å². The van der Waals surface area contributed by atoms with E-state index >= 15 is 0 Å². The first-order valence-corrected chi connectivity index (χ1v) is 5.67. The highest BCUT2D eigenvalue weighted by Crippen LogP contribution is 2.28. The number of esters is 1. The maximum atomic E-state index is 11.5. The van der Waals surface area contributed by atoms with Gasteiger partial charge in [0.15, 0.2) is 11.5 Å². The number of nitrogens with two attached hydrogens (primary N) is 1. The summed E-state index contributed by atoms with van der Waals surface area (Å²) in [5.41, 5.74) is 4.84. The summed E-state index contributed by atoms with van der Waals surface area (Å²) >= 11 is 1.25. The molecule has 0 unspecified atom stereocenters. The van der Waals surface area contributed by atoms with Crippen molar-refractivity contribution < 1.29 is 14.6 Å². The number of carbonyl (C=O) groups is 1. The molecule has 2 aromatic heterocycles. The van der Waals surface area contributed by atoms with Crippen molar-refractivity contribution in [1.82, 2.24) is 9.97 Å². The number of H-pyrrole nitrogens is 1. The van der Waals surface area contributed by atoms with E-state index in [2.05, 4.69) is 14.7 Å². The van der Waals surface area contributed by atoms with Crippen LogP contribution in [0, 0.1) is 0 Å². The highest BCUT2D eigenvalue weighted by Gasteiger charge is 2.20. The number of hydrogen-bond acceptors (Lipinski definition) is 7. The van der Waals surface area contributed by atoms with E-state index in [-0.39, 0.29) is 18.2 Å². The van der Waals surface area contributed by atoms with Crippen molar-refractivity contribution in [2.45, 2.75) is 0 Å². The highest BCUT2D eigenvalue weighted by atomic mass is 35.5. The maximum absolute atomic E-state index is 11.5. The zero-order valence-corrected chi connectivity index (χ0v) is 11.3. The molecule has 0 aliphatic rings. The standard InChI is InChI=1S/C10H9N3O4S.ClH/c1-17-10(16)5-6(14)9(15)13-8(12-5)7-4(11)2-3-18-7;/h2-3,14H,11H2,1H3,(H,12,13,15);1H. The predicted molar refractivity (Wildman–Crippen MR) is 72.8 cm³/mol. The number of rotatable bonds is 2. The van der Waals surface area contributed by atoms with Gasteiger partial charge in [0.2, 0.25) is 5.75 Å². The third kappa shape index (κ3) is 2.69. The molecular weight excluding hydrogens is 294 g/mol. The van der Waals surface area contributed by atoms with E-state index in [1.54, 1.807) is 11.4 Å². The Morgan fingerprint density at radius 1 is 1.58 bits per heavy atom. The molecular formula is C10H10ClN3O4S. The highest BCUT2D eigenvalue weighted by molar-refractivity contribution is 7.14. The van der Waals surface area contributed by atoms with Gasteiger partial charge in [0.25, 0.3) is 5.56 Å². The number of anilines is 1. The lowest BCUT2D eigenvalue weighted by atomic mass is 10.3. The Morgan fingerprint density at radius 2 is 2.26 bits per heavy atom. The fourth-order valence-electron chi connectivity index (χ4n) is 1.33. The lowest BCUT2D eigenvalue weighted by Gasteiger charge is -2.04. The average Bonchev–Trinajstić information content (AvgIpc) is 2.78. The summed E-state index contributed by atoms with van der Waals surface area (Å²) in [5, 5.41) is 11.2. The van der Waals surface area contributed by atoms with Crippen LogP contribution in [-0.4, -0.2) is 28.2 Å². The number of halogens is 1. The minimum Gasteiger partial charge on any atom is -0.501 e. The molecule has 0 aliphatic heterocycles. The van der Waals surface area contributed by atoms with Gasteiger partial charge in [-0.25, -0.2) is 9.78 Å². The van der Waals surface area contributed by atoms with Crippen molar-refractivity contribution in [3.63, 3.8) is 0 Å². The molecule has 2 rings (SSSR count). The number of ether oxygens (including phenoxy) is 1. The maximum Gasteiger partial charge on any atom is 0.360 e. The number of thiophene rings is 1. The number of methoxy groups -OCH3 is 1. The summed E-state index contributed by atoms with van der Waals surface area (Å²) in [6.45, 7) is 0. The van der Waals surface area contributed by atoms with Crippen LogP contribution in [0.2, 0.25) is 0 Å². The minimum absolute atomic E-state index is 0. The number of carbonyl (C=O) groups excluding carboxylic acids is 1. The third-order valence-electron chi connectivity index (χ3n) is 2.18. The van der Waals surface area contributed by atoms with Crippen LogP contribution in [0.3, 0.4) is 0 Å². The fraction of sp³-hybridized carbons (Fsp3) is 0.100. The van der Waals surface area contributed by atoms with Gasteiger partial charge in [-0.3, -0.25) is 4.79 Å². The van der Waals surface area contributed by atoms with E-state index < -0.39 is 23.0 Å². The van der Waals surface area contributed by atoms with Crippen LogP contribution in [0.5, 0.6) is 5.75 Å². The number of aromatic nitrogens is 2. The molecule has 4 N–H and O–H groups in total. The normalized spacial score (nSPS) is 9.74. The van der Waals surface area contributed by atoms with Gasteiger partial charge in [0.1, 0.15) is 0 Å². The van der Waals surface area contributed by atoms with E-state index in [1.807, 2.05) is 0 Å². The second kappa shape index (κ2) is 5.72. The molecule has 2 heterocycles. The summed E-state index contributed by atoms with van der Waals surface area (Å²) < 4.78 is 4.43. The largest absolute Gasteiger partial charge is 0.501 e. The first-order chi connectivity index (χ1) is 8.54. The van der Waals surface area contributed by atoms with Gasteiger partial charge in [0.05, 0.1) is 17.7 Å². The first-order valence-electron chi connectivity index (χ1n) is 4.79. The van der Waals surface area contributed by atoms with E-state index in [9.17, 15) is 14.7 Å². The van der Waals surface area contributed by atoms with Crippen LogP contribution >= 0.6 is 23.7 Å². The Hall–Kier alpha value is -2.06. The van der Waals surface area contributed by atoms with Crippen molar-refractivity contribution in [1.29, 1.82) is 0 Å². The number of hydrogen-bond donors (Lipinski definition) is 3. The topological polar surface area (TPSA) is 118 Å². The Morgan fingerprint density at radius 3 is 2.79 bits per heavy atom. The predicted octanol–water partition coefficient (Wildman–Crippen LogP) is 0.995. The number of nitrogens with zero attached hydrogens (tertiary/aromatic N) is 1. The zero-order valence-electron chi connectivity index (χ0n) is 9.67. The smallest absolute Gasteiger partial charge is 0.360 e. The molecule has 0 atom stereocenters. The van der Waals surface area contributed by atoms with Crippen molar-refractivity contribution >= 4 is 35.4 Å². The molecule has 9 heteroatoms. The quantitative estimate of drug-likeness (QED) is 0.712. The van der Waals surface area contributed by atoms with Gasteiger partial charge >= 0.3 is 5.97 Å². The molecule has 2 aromatic rings. The van der Waals surface area contributed by atoms with Crippen molar-refractivity contribution in [3.8, 4) is 16.5 Å². The summed E-state index contributed by atoms with van der Waals surface area (Å²) in [6, 6.07) is 1.64. The number of aromatic hydroxyl groups is 1. The van der Waals surface area contributed by atoms with Crippen molar-refractivity contribution in [2.24, 2.45) is 0 Å². The Balaban J connectivity index is 0.00000180. The molecule has 102 valence electrons. The molecule has 19 heavy (non-hydrogen) atoms. The second-order valence-corrected chi connectivity index (χ2v) is 4.22. The minimum atomic E-state index is -0.894. The summed E-state index contributed by atoms with van der Waals surface area (Å²) in [6.07, 6.45) is 0. The van der Waals surface area contributed by atoms with E-state index in [0.717, 1.165) is 7.11 Å². The van der Waals surface area contributed by atoms with Crippen LogP contribution < -0.4 is 11.3 Å². The third-order valence-corrected chi connectivity index (χ3v) is 3.12. The summed E-state index contributed by atoms with van der Waals surface area (Å²) in [5.74, 6) is -1.55. The molecule has 0 aliphatic carbocycles. The van der Waals surface area contributed by atoms with Gasteiger partial charge in [-0.2, -0.15) is 0 Å². The Labute approximate surface area is 117 Å². The molecule has 0 aromatic carbocycles. The fourth-order valence-corrected chi connectivity index (χ4v) is 2.09. The molecule has 0 amide bonds. The van der Waals surface area contributed by atoms with Gasteiger partial charge in [-0.15, -0.1) is 23.7 Å². The molecule has 0 spiro atoms. The lowest BCUT2D eigenvalue weighted by Crippen LogP contribution is -2.16. The van der Waals surface area contributed by atoms with Gasteiger partial charge in [0, 0.05) is 0 Å². The van der Waals surface area contributed by atoms with Gasteiger partial charge in [-0.1, -0.05) is 0 Å². The SMILES string of the molecule is COC(=O)c1nc(-c2sccc2N)[nH]c(=O)c1O.Cl. The molecule has 7 nitrogen and oxygen atoms in total. The number of nitrogen functional groups attached to an aromatic ring is 1. The molecule has 0 saturated heterocycles. The average molecular weight is 304 g/mol. The number of nitrogens with one attached hydrogen (secondary N) is 1. The van der Waals surface area contributed by atoms with E-state index in [1.165, 1.54) is 11.3 Å². The monoisotopic (exact) mass is 303 g/mol. The molecule has 0 radical (unpaired) electrons. The number of aromatic amines is 1. The summed E-state index contributed by atoms with van der Waals surface area (Å²) in [7, 11) is 1.13. The molecule has 0 saturated carbocycles. The van der Waals surface area contributed by atoms with Gasteiger partial charge < -0.3 is 20.6 Å². The van der Waals surface area contributed by atoms with Crippen LogP contribution in [0.1, 0.15) is 10.5 Å².